The molecule has 2 unspecified atom stereocenters. The van der Waals surface area contributed by atoms with Crippen LogP contribution in [0.25, 0.3) is 5.69 Å². The van der Waals surface area contributed by atoms with Crippen molar-refractivity contribution in [3.8, 4) is 5.69 Å². The fourth-order valence-corrected chi connectivity index (χ4v) is 5.47. The number of pyridine rings is 1. The number of nitrogens with one attached hydrogen (secondary N) is 1. The Morgan fingerprint density at radius 2 is 1.74 bits per heavy atom. The molecule has 1 saturated heterocycles. The van der Waals surface area contributed by atoms with Crippen molar-refractivity contribution >= 4 is 28.9 Å². The molecule has 2 aromatic heterocycles. The zero-order chi connectivity index (χ0) is 23.8. The van der Waals surface area contributed by atoms with Crippen molar-refractivity contribution in [2.24, 2.45) is 0 Å². The van der Waals surface area contributed by atoms with Crippen LogP contribution in [-0.4, -0.2) is 19.6 Å². The zero-order valence-corrected chi connectivity index (χ0v) is 21.1. The first-order valence-corrected chi connectivity index (χ1v) is 12.2. The molecule has 172 valence electrons. The Morgan fingerprint density at radius 1 is 0.971 bits per heavy atom. The summed E-state index contributed by atoms with van der Waals surface area (Å²) in [4.78, 5) is 6.97. The maximum Gasteiger partial charge on any atom is 0.170 e. The minimum atomic E-state index is -0.0492. The van der Waals surface area contributed by atoms with Crippen LogP contribution in [0.4, 0.5) is 0 Å². The van der Waals surface area contributed by atoms with Gasteiger partial charge in [-0.25, -0.2) is 0 Å². The number of rotatable bonds is 5. The molecule has 4 aromatic rings. The average Bonchev–Trinajstić information content (AvgIpc) is 3.32. The largest absolute Gasteiger partial charge is 0.352 e. The van der Waals surface area contributed by atoms with E-state index in [9.17, 15) is 0 Å². The highest BCUT2D eigenvalue weighted by molar-refractivity contribution is 7.80. The summed E-state index contributed by atoms with van der Waals surface area (Å²) >= 11 is 12.4. The lowest BCUT2D eigenvalue weighted by Crippen LogP contribution is -2.29. The van der Waals surface area contributed by atoms with E-state index in [1.54, 1.807) is 0 Å². The second-order valence-electron chi connectivity index (χ2n) is 8.79. The first-order valence-electron chi connectivity index (χ1n) is 11.4. The minimum Gasteiger partial charge on any atom is -0.352 e. The molecule has 0 spiro atoms. The molecule has 0 bridgehead atoms. The number of benzene rings is 2. The van der Waals surface area contributed by atoms with Gasteiger partial charge in [-0.05, 0) is 80.0 Å². The number of hydrogen-bond donors (Lipinski definition) is 1. The molecular formula is C28H27ClN4S. The number of thiocarbonyl (C=S) groups is 1. The van der Waals surface area contributed by atoms with Crippen LogP contribution in [-0.2, 0) is 6.54 Å². The van der Waals surface area contributed by atoms with Crippen LogP contribution < -0.4 is 5.32 Å². The van der Waals surface area contributed by atoms with Crippen molar-refractivity contribution in [3.63, 3.8) is 0 Å². The van der Waals surface area contributed by atoms with E-state index in [-0.39, 0.29) is 12.1 Å². The molecule has 0 saturated carbocycles. The molecule has 6 heteroatoms. The van der Waals surface area contributed by atoms with Gasteiger partial charge in [0.15, 0.2) is 5.11 Å². The van der Waals surface area contributed by atoms with Crippen LogP contribution >= 0.6 is 23.8 Å². The van der Waals surface area contributed by atoms with E-state index in [0.29, 0.717) is 0 Å². The molecular weight excluding hydrogens is 460 g/mol. The average molecular weight is 487 g/mol. The van der Waals surface area contributed by atoms with E-state index in [1.165, 1.54) is 16.8 Å². The van der Waals surface area contributed by atoms with Gasteiger partial charge in [-0.2, -0.15) is 0 Å². The SMILES string of the molecule is Cc1c(Cl)cccc1-n1c(C)cc(C2C(c3ccccn3)NC(=S)N2Cc2ccccc2)c1C. The van der Waals surface area contributed by atoms with E-state index in [1.807, 2.05) is 36.5 Å². The summed E-state index contributed by atoms with van der Waals surface area (Å²) in [7, 11) is 0. The van der Waals surface area contributed by atoms with Crippen molar-refractivity contribution in [3.05, 3.63) is 118 Å². The molecule has 1 N–H and O–H groups in total. The van der Waals surface area contributed by atoms with Crippen LogP contribution in [0.1, 0.15) is 45.9 Å². The highest BCUT2D eigenvalue weighted by atomic mass is 35.5. The Balaban J connectivity index is 1.64. The van der Waals surface area contributed by atoms with E-state index in [0.717, 1.165) is 39.3 Å². The van der Waals surface area contributed by atoms with Gasteiger partial charge in [0.1, 0.15) is 0 Å². The van der Waals surface area contributed by atoms with Gasteiger partial charge in [0.05, 0.1) is 17.8 Å². The number of nitrogens with zero attached hydrogens (tertiary/aromatic N) is 3. The molecule has 3 heterocycles. The normalized spacial score (nSPS) is 17.8. The zero-order valence-electron chi connectivity index (χ0n) is 19.5. The minimum absolute atomic E-state index is 0.00189. The van der Waals surface area contributed by atoms with E-state index < -0.39 is 0 Å². The molecule has 5 rings (SSSR count). The fraction of sp³-hybridized carbons (Fsp3) is 0.214. The van der Waals surface area contributed by atoms with Gasteiger partial charge in [-0.3, -0.25) is 4.98 Å². The van der Waals surface area contributed by atoms with E-state index in [2.05, 4.69) is 83.0 Å². The first kappa shape index (κ1) is 22.6. The third kappa shape index (κ3) is 3.99. The quantitative estimate of drug-likeness (QED) is 0.321. The van der Waals surface area contributed by atoms with Gasteiger partial charge < -0.3 is 14.8 Å². The molecule has 1 aliphatic rings. The van der Waals surface area contributed by atoms with Crippen molar-refractivity contribution < 1.29 is 0 Å². The van der Waals surface area contributed by atoms with Gasteiger partial charge in [0.2, 0.25) is 0 Å². The maximum absolute atomic E-state index is 6.48. The lowest BCUT2D eigenvalue weighted by atomic mass is 9.96. The summed E-state index contributed by atoms with van der Waals surface area (Å²) in [6.07, 6.45) is 1.84. The standard InChI is InChI=1S/C28H27ClN4S/c1-18-16-22(20(3)33(18)25-14-9-12-23(29)19(25)2)27-26(24-13-7-8-15-30-24)31-28(34)32(27)17-21-10-5-4-6-11-21/h4-16,26-27H,17H2,1-3H3,(H,31,34). The van der Waals surface area contributed by atoms with Crippen molar-refractivity contribution in [1.29, 1.82) is 0 Å². The Hall–Kier alpha value is -3.15. The van der Waals surface area contributed by atoms with Crippen molar-refractivity contribution in [2.45, 2.75) is 39.4 Å². The van der Waals surface area contributed by atoms with Gasteiger partial charge in [-0.1, -0.05) is 54.1 Å². The van der Waals surface area contributed by atoms with Crippen LogP contribution in [0.15, 0.2) is 79.0 Å². The lowest BCUT2D eigenvalue weighted by molar-refractivity contribution is 0.310. The number of halogens is 1. The summed E-state index contributed by atoms with van der Waals surface area (Å²) in [5.41, 5.74) is 7.95. The second kappa shape index (κ2) is 9.24. The van der Waals surface area contributed by atoms with Crippen molar-refractivity contribution in [1.82, 2.24) is 19.8 Å². The molecule has 4 nitrogen and oxygen atoms in total. The van der Waals surface area contributed by atoms with E-state index in [4.69, 9.17) is 23.8 Å². The number of aromatic nitrogens is 2. The second-order valence-corrected chi connectivity index (χ2v) is 9.58. The topological polar surface area (TPSA) is 33.1 Å². The molecule has 34 heavy (non-hydrogen) atoms. The summed E-state index contributed by atoms with van der Waals surface area (Å²) in [5, 5.41) is 5.08. The highest BCUT2D eigenvalue weighted by Crippen LogP contribution is 2.42. The molecule has 2 aromatic carbocycles. The van der Waals surface area contributed by atoms with Crippen LogP contribution in [0, 0.1) is 20.8 Å². The molecule has 0 radical (unpaired) electrons. The number of hydrogen-bond acceptors (Lipinski definition) is 2. The molecule has 0 aliphatic carbocycles. The summed E-state index contributed by atoms with van der Waals surface area (Å²) in [6.45, 7) is 7.12. The summed E-state index contributed by atoms with van der Waals surface area (Å²) in [6, 6.07) is 24.8. The fourth-order valence-electron chi connectivity index (χ4n) is 4.99. The molecule has 1 aliphatic heterocycles. The van der Waals surface area contributed by atoms with Gasteiger partial charge in [0, 0.05) is 34.8 Å². The van der Waals surface area contributed by atoms with Gasteiger partial charge in [-0.15, -0.1) is 0 Å². The Bertz CT molecular complexity index is 1330. The predicted octanol–water partition coefficient (Wildman–Crippen LogP) is 6.62. The maximum atomic E-state index is 6.48. The Morgan fingerprint density at radius 3 is 2.47 bits per heavy atom. The predicted molar refractivity (Wildman–Crippen MR) is 142 cm³/mol. The summed E-state index contributed by atoms with van der Waals surface area (Å²) in [5.74, 6) is 0. The highest BCUT2D eigenvalue weighted by Gasteiger charge is 2.41. The van der Waals surface area contributed by atoms with Crippen LogP contribution in [0.3, 0.4) is 0 Å². The van der Waals surface area contributed by atoms with Gasteiger partial charge in [0.25, 0.3) is 0 Å². The summed E-state index contributed by atoms with van der Waals surface area (Å²) < 4.78 is 2.30. The lowest BCUT2D eigenvalue weighted by Gasteiger charge is -2.28. The Kier molecular flexibility index (Phi) is 6.15. The van der Waals surface area contributed by atoms with Gasteiger partial charge >= 0.3 is 0 Å². The van der Waals surface area contributed by atoms with Crippen molar-refractivity contribution in [2.75, 3.05) is 0 Å². The van der Waals surface area contributed by atoms with Crippen LogP contribution in [0.2, 0.25) is 5.02 Å². The molecule has 1 fully saturated rings. The Labute approximate surface area is 211 Å². The molecule has 2 atom stereocenters. The third-order valence-corrected chi connectivity index (χ3v) is 7.42. The molecule has 0 amide bonds. The first-order chi connectivity index (χ1) is 16.5. The smallest absolute Gasteiger partial charge is 0.170 e. The van der Waals surface area contributed by atoms with E-state index >= 15 is 0 Å². The monoisotopic (exact) mass is 486 g/mol. The number of aryl methyl sites for hydroxylation is 1. The van der Waals surface area contributed by atoms with Crippen LogP contribution in [0.5, 0.6) is 0 Å². The third-order valence-electron chi connectivity index (χ3n) is 6.66.